The number of thiophene rings is 1. The predicted molar refractivity (Wildman–Crippen MR) is 70.3 cm³/mol. The molecule has 0 unspecified atom stereocenters. The SMILES string of the molecule is C[C@H](NC(=O)C1=NN(C)C(=O)CC1)c1cccs1. The molecule has 5 nitrogen and oxygen atoms in total. The van der Waals surface area contributed by atoms with Crippen LogP contribution < -0.4 is 5.32 Å². The number of hydrogen-bond acceptors (Lipinski definition) is 4. The van der Waals surface area contributed by atoms with E-state index in [1.54, 1.807) is 18.4 Å². The second-order valence-electron chi connectivity index (χ2n) is 4.17. The highest BCUT2D eigenvalue weighted by Gasteiger charge is 2.23. The Balaban J connectivity index is 2.00. The van der Waals surface area contributed by atoms with Crippen LogP contribution in [0.25, 0.3) is 0 Å². The molecule has 0 aliphatic carbocycles. The van der Waals surface area contributed by atoms with Gasteiger partial charge in [0.05, 0.1) is 6.04 Å². The van der Waals surface area contributed by atoms with Gasteiger partial charge >= 0.3 is 0 Å². The quantitative estimate of drug-likeness (QED) is 0.901. The van der Waals surface area contributed by atoms with Crippen molar-refractivity contribution in [1.82, 2.24) is 10.3 Å². The molecule has 0 saturated carbocycles. The van der Waals surface area contributed by atoms with Crippen molar-refractivity contribution in [2.75, 3.05) is 7.05 Å². The molecule has 0 spiro atoms. The van der Waals surface area contributed by atoms with Crippen LogP contribution in [0.1, 0.15) is 30.7 Å². The number of amides is 2. The van der Waals surface area contributed by atoms with E-state index in [-0.39, 0.29) is 17.9 Å². The Kier molecular flexibility index (Phi) is 3.76. The molecule has 1 atom stereocenters. The van der Waals surface area contributed by atoms with Gasteiger partial charge in [0.1, 0.15) is 5.71 Å². The Hall–Kier alpha value is -1.69. The first-order chi connectivity index (χ1) is 8.58. The zero-order valence-corrected chi connectivity index (χ0v) is 11.2. The molecule has 1 aliphatic rings. The van der Waals surface area contributed by atoms with Gasteiger partial charge in [-0.05, 0) is 18.4 Å². The molecule has 0 bridgehead atoms. The first kappa shape index (κ1) is 12.8. The molecule has 1 N–H and O–H groups in total. The number of hydrazone groups is 1. The van der Waals surface area contributed by atoms with Crippen LogP contribution in [0.4, 0.5) is 0 Å². The number of carbonyl (C=O) groups excluding carboxylic acids is 2. The fraction of sp³-hybridized carbons (Fsp3) is 0.417. The number of rotatable bonds is 3. The molecule has 96 valence electrons. The monoisotopic (exact) mass is 265 g/mol. The standard InChI is InChI=1S/C12H15N3O2S/c1-8(10-4-3-7-18-10)13-12(17)9-5-6-11(16)15(2)14-9/h3-4,7-8H,5-6H2,1-2H3,(H,13,17)/t8-/m0/s1. The summed E-state index contributed by atoms with van der Waals surface area (Å²) in [5.74, 6) is -0.256. The van der Waals surface area contributed by atoms with Gasteiger partial charge in [0.25, 0.3) is 5.91 Å². The van der Waals surface area contributed by atoms with Crippen LogP contribution in [0.15, 0.2) is 22.6 Å². The zero-order chi connectivity index (χ0) is 13.1. The van der Waals surface area contributed by atoms with Crippen LogP contribution in [0.3, 0.4) is 0 Å². The minimum atomic E-state index is -0.199. The number of nitrogens with one attached hydrogen (secondary N) is 1. The smallest absolute Gasteiger partial charge is 0.268 e. The fourth-order valence-electron chi connectivity index (χ4n) is 1.72. The molecule has 0 fully saturated rings. The van der Waals surface area contributed by atoms with Crippen molar-refractivity contribution in [1.29, 1.82) is 0 Å². The Morgan fingerprint density at radius 1 is 1.56 bits per heavy atom. The van der Waals surface area contributed by atoms with Gasteiger partial charge in [-0.2, -0.15) is 5.10 Å². The van der Waals surface area contributed by atoms with Crippen LogP contribution in [-0.4, -0.2) is 29.6 Å². The molecule has 18 heavy (non-hydrogen) atoms. The average Bonchev–Trinajstić information content (AvgIpc) is 2.86. The summed E-state index contributed by atoms with van der Waals surface area (Å²) < 4.78 is 0. The van der Waals surface area contributed by atoms with Crippen LogP contribution in [0.5, 0.6) is 0 Å². The van der Waals surface area contributed by atoms with Crippen molar-refractivity contribution in [3.63, 3.8) is 0 Å². The molecular weight excluding hydrogens is 250 g/mol. The minimum Gasteiger partial charge on any atom is -0.344 e. The largest absolute Gasteiger partial charge is 0.344 e. The van der Waals surface area contributed by atoms with Crippen molar-refractivity contribution >= 4 is 28.9 Å². The van der Waals surface area contributed by atoms with Gasteiger partial charge in [-0.25, -0.2) is 5.01 Å². The Morgan fingerprint density at radius 3 is 2.94 bits per heavy atom. The first-order valence-corrected chi connectivity index (χ1v) is 6.64. The van der Waals surface area contributed by atoms with Crippen molar-refractivity contribution in [2.45, 2.75) is 25.8 Å². The fourth-order valence-corrected chi connectivity index (χ4v) is 2.46. The predicted octanol–water partition coefficient (Wildman–Crippen LogP) is 1.53. The lowest BCUT2D eigenvalue weighted by Crippen LogP contribution is -2.38. The topological polar surface area (TPSA) is 61.8 Å². The molecule has 6 heteroatoms. The van der Waals surface area contributed by atoms with Gasteiger partial charge in [-0.1, -0.05) is 6.07 Å². The maximum absolute atomic E-state index is 12.0. The highest BCUT2D eigenvalue weighted by atomic mass is 32.1. The van der Waals surface area contributed by atoms with E-state index in [0.29, 0.717) is 18.6 Å². The summed E-state index contributed by atoms with van der Waals surface area (Å²) in [5, 5.41) is 10.1. The molecule has 2 amide bonds. The van der Waals surface area contributed by atoms with Gasteiger partial charge in [-0.15, -0.1) is 11.3 Å². The van der Waals surface area contributed by atoms with Gasteiger partial charge < -0.3 is 5.32 Å². The second-order valence-corrected chi connectivity index (χ2v) is 5.15. The number of carbonyl (C=O) groups is 2. The van der Waals surface area contributed by atoms with Crippen molar-refractivity contribution < 1.29 is 9.59 Å². The maximum atomic E-state index is 12.0. The molecule has 0 saturated heterocycles. The molecule has 0 radical (unpaired) electrons. The van der Waals surface area contributed by atoms with Crippen molar-refractivity contribution in [3.8, 4) is 0 Å². The number of nitrogens with zero attached hydrogens (tertiary/aromatic N) is 2. The summed E-state index contributed by atoms with van der Waals surface area (Å²) in [6.07, 6.45) is 0.752. The zero-order valence-electron chi connectivity index (χ0n) is 10.3. The van der Waals surface area contributed by atoms with Crippen LogP contribution in [-0.2, 0) is 9.59 Å². The molecule has 0 aromatic carbocycles. The Morgan fingerprint density at radius 2 is 2.33 bits per heavy atom. The molecule has 1 aromatic heterocycles. The molecular formula is C12H15N3O2S. The van der Waals surface area contributed by atoms with Crippen molar-refractivity contribution in [3.05, 3.63) is 22.4 Å². The maximum Gasteiger partial charge on any atom is 0.268 e. The van der Waals surface area contributed by atoms with Gasteiger partial charge in [0, 0.05) is 24.8 Å². The third-order valence-corrected chi connectivity index (χ3v) is 3.84. The third-order valence-electron chi connectivity index (χ3n) is 2.79. The lowest BCUT2D eigenvalue weighted by Gasteiger charge is -2.20. The summed E-state index contributed by atoms with van der Waals surface area (Å²) in [6.45, 7) is 1.93. The van der Waals surface area contributed by atoms with Gasteiger partial charge in [0.2, 0.25) is 5.91 Å². The molecule has 1 aliphatic heterocycles. The summed E-state index contributed by atoms with van der Waals surface area (Å²) in [6, 6.07) is 3.89. The summed E-state index contributed by atoms with van der Waals surface area (Å²) in [5.41, 5.74) is 0.417. The second kappa shape index (κ2) is 5.30. The van der Waals surface area contributed by atoms with Gasteiger partial charge in [0.15, 0.2) is 0 Å². The van der Waals surface area contributed by atoms with E-state index < -0.39 is 0 Å². The van der Waals surface area contributed by atoms with E-state index in [1.807, 2.05) is 24.4 Å². The van der Waals surface area contributed by atoms with Crippen LogP contribution >= 0.6 is 11.3 Å². The highest BCUT2D eigenvalue weighted by Crippen LogP contribution is 2.18. The summed E-state index contributed by atoms with van der Waals surface area (Å²) >= 11 is 1.60. The molecule has 1 aromatic rings. The normalized spacial score (nSPS) is 17.3. The average molecular weight is 265 g/mol. The third kappa shape index (κ3) is 2.76. The highest BCUT2D eigenvalue weighted by molar-refractivity contribution is 7.10. The summed E-state index contributed by atoms with van der Waals surface area (Å²) in [4.78, 5) is 24.3. The minimum absolute atomic E-state index is 0.0388. The lowest BCUT2D eigenvalue weighted by atomic mass is 10.1. The van der Waals surface area contributed by atoms with E-state index in [2.05, 4.69) is 10.4 Å². The van der Waals surface area contributed by atoms with Gasteiger partial charge in [-0.3, -0.25) is 9.59 Å². The molecule has 2 heterocycles. The molecule has 2 rings (SSSR count). The summed E-state index contributed by atoms with van der Waals surface area (Å²) in [7, 11) is 1.57. The van der Waals surface area contributed by atoms with E-state index in [1.165, 1.54) is 5.01 Å². The van der Waals surface area contributed by atoms with E-state index >= 15 is 0 Å². The van der Waals surface area contributed by atoms with E-state index in [9.17, 15) is 9.59 Å². The first-order valence-electron chi connectivity index (χ1n) is 5.76. The Bertz CT molecular complexity index is 482. The van der Waals surface area contributed by atoms with E-state index in [0.717, 1.165) is 4.88 Å². The van der Waals surface area contributed by atoms with Crippen molar-refractivity contribution in [2.24, 2.45) is 5.10 Å². The van der Waals surface area contributed by atoms with E-state index in [4.69, 9.17) is 0 Å². The Labute approximate surface area is 109 Å². The lowest BCUT2D eigenvalue weighted by molar-refractivity contribution is -0.130. The number of hydrogen-bond donors (Lipinski definition) is 1. The van der Waals surface area contributed by atoms with Crippen LogP contribution in [0, 0.1) is 0 Å². The van der Waals surface area contributed by atoms with Crippen LogP contribution in [0.2, 0.25) is 0 Å².